The molecule has 1 heterocycles. The first-order chi connectivity index (χ1) is 11.6. The lowest BCUT2D eigenvalue weighted by molar-refractivity contribution is -0.384. The number of nitro groups is 1. The van der Waals surface area contributed by atoms with Crippen LogP contribution in [0.4, 0.5) is 5.69 Å². The van der Waals surface area contributed by atoms with Crippen molar-refractivity contribution in [1.82, 2.24) is 10.2 Å². The van der Waals surface area contributed by atoms with Crippen molar-refractivity contribution < 1.29 is 4.92 Å². The summed E-state index contributed by atoms with van der Waals surface area (Å²) in [4.78, 5) is 17.0. The maximum atomic E-state index is 10.6. The molecule has 1 saturated heterocycles. The van der Waals surface area contributed by atoms with Crippen molar-refractivity contribution in [3.8, 4) is 0 Å². The van der Waals surface area contributed by atoms with Crippen LogP contribution in [0.25, 0.3) is 0 Å². The second-order valence-corrected chi connectivity index (χ2v) is 6.52. The maximum absolute atomic E-state index is 10.6. The molecule has 0 bridgehead atoms. The van der Waals surface area contributed by atoms with Gasteiger partial charge in [0.15, 0.2) is 5.96 Å². The number of aryl methyl sites for hydroxylation is 1. The fourth-order valence-corrected chi connectivity index (χ4v) is 2.99. The van der Waals surface area contributed by atoms with Crippen molar-refractivity contribution in [2.24, 2.45) is 10.9 Å². The van der Waals surface area contributed by atoms with Crippen LogP contribution < -0.4 is 5.32 Å². The maximum Gasteiger partial charge on any atom is 0.269 e. The van der Waals surface area contributed by atoms with E-state index in [2.05, 4.69) is 22.1 Å². The highest BCUT2D eigenvalue weighted by atomic mass is 127. The van der Waals surface area contributed by atoms with E-state index in [0.29, 0.717) is 0 Å². The zero-order valence-electron chi connectivity index (χ0n) is 15.1. The van der Waals surface area contributed by atoms with E-state index in [9.17, 15) is 10.1 Å². The molecule has 0 atom stereocenters. The Balaban J connectivity index is 0.00000312. The molecule has 0 amide bonds. The number of aliphatic imine (C=N–C) groups is 1. The molecule has 0 aliphatic carbocycles. The number of unbranched alkanes of at least 4 members (excludes halogenated alkanes) is 1. The molecular weight excluding hydrogens is 431 g/mol. The molecule has 0 unspecified atom stereocenters. The number of piperidine rings is 1. The van der Waals surface area contributed by atoms with Gasteiger partial charge in [0.2, 0.25) is 0 Å². The topological polar surface area (TPSA) is 70.8 Å². The van der Waals surface area contributed by atoms with Gasteiger partial charge in [0.25, 0.3) is 5.69 Å². The molecule has 1 aromatic rings. The lowest BCUT2D eigenvalue weighted by atomic mass is 10.00. The van der Waals surface area contributed by atoms with Crippen LogP contribution in [-0.4, -0.2) is 42.5 Å². The minimum absolute atomic E-state index is 0. The third kappa shape index (κ3) is 7.17. The van der Waals surface area contributed by atoms with E-state index in [1.165, 1.54) is 12.8 Å². The number of hydrogen-bond acceptors (Lipinski definition) is 3. The van der Waals surface area contributed by atoms with E-state index in [1.54, 1.807) is 12.1 Å². The SMILES string of the molecule is CN=C(NCCCCc1ccc([N+](=O)[O-])cc1)N1CCC(C)CC1.I. The number of nitrogens with zero attached hydrogens (tertiary/aromatic N) is 3. The number of halogens is 1. The van der Waals surface area contributed by atoms with Crippen molar-refractivity contribution in [2.45, 2.75) is 39.0 Å². The standard InChI is InChI=1S/C18H28N4O2.HI/c1-15-10-13-21(14-11-15)18(19-2)20-12-4-3-5-16-6-8-17(9-7-16)22(23)24;/h6-9,15H,3-5,10-14H2,1-2H3,(H,19,20);1H. The summed E-state index contributed by atoms with van der Waals surface area (Å²) in [5.74, 6) is 1.83. The fraction of sp³-hybridized carbons (Fsp3) is 0.611. The monoisotopic (exact) mass is 460 g/mol. The number of non-ortho nitro benzene ring substituents is 1. The second-order valence-electron chi connectivity index (χ2n) is 6.52. The molecule has 140 valence electrons. The number of guanidine groups is 1. The summed E-state index contributed by atoms with van der Waals surface area (Å²) < 4.78 is 0. The van der Waals surface area contributed by atoms with Gasteiger partial charge in [-0.15, -0.1) is 24.0 Å². The van der Waals surface area contributed by atoms with Crippen LogP contribution in [0.1, 0.15) is 38.2 Å². The Hall–Kier alpha value is -1.38. The molecule has 0 saturated carbocycles. The third-order valence-electron chi connectivity index (χ3n) is 4.62. The quantitative estimate of drug-likeness (QED) is 0.175. The van der Waals surface area contributed by atoms with Gasteiger partial charge in [0, 0.05) is 38.8 Å². The van der Waals surface area contributed by atoms with Gasteiger partial charge in [0.05, 0.1) is 4.92 Å². The van der Waals surface area contributed by atoms with E-state index in [-0.39, 0.29) is 34.6 Å². The number of nitrogens with one attached hydrogen (secondary N) is 1. The first-order valence-electron chi connectivity index (χ1n) is 8.79. The zero-order valence-corrected chi connectivity index (χ0v) is 17.4. The number of rotatable bonds is 6. The summed E-state index contributed by atoms with van der Waals surface area (Å²) in [6.07, 6.45) is 5.53. The molecule has 1 aliphatic heterocycles. The van der Waals surface area contributed by atoms with Gasteiger partial charge in [-0.1, -0.05) is 19.1 Å². The molecule has 25 heavy (non-hydrogen) atoms. The fourth-order valence-electron chi connectivity index (χ4n) is 2.99. The second kappa shape index (κ2) is 11.3. The van der Waals surface area contributed by atoms with E-state index < -0.39 is 0 Å². The highest BCUT2D eigenvalue weighted by Crippen LogP contribution is 2.16. The van der Waals surface area contributed by atoms with Crippen molar-refractivity contribution in [2.75, 3.05) is 26.7 Å². The summed E-state index contributed by atoms with van der Waals surface area (Å²) in [7, 11) is 1.84. The number of benzene rings is 1. The molecule has 7 heteroatoms. The third-order valence-corrected chi connectivity index (χ3v) is 4.62. The van der Waals surface area contributed by atoms with Crippen LogP contribution in [0, 0.1) is 16.0 Å². The summed E-state index contributed by atoms with van der Waals surface area (Å²) in [5, 5.41) is 14.1. The Kier molecular flexibility index (Phi) is 9.77. The summed E-state index contributed by atoms with van der Waals surface area (Å²) in [6.45, 7) is 5.39. The average molecular weight is 460 g/mol. The van der Waals surface area contributed by atoms with E-state index >= 15 is 0 Å². The van der Waals surface area contributed by atoms with Crippen molar-refractivity contribution in [1.29, 1.82) is 0 Å². The van der Waals surface area contributed by atoms with Crippen LogP contribution in [0.15, 0.2) is 29.3 Å². The zero-order chi connectivity index (χ0) is 17.4. The molecule has 0 spiro atoms. The predicted molar refractivity (Wildman–Crippen MR) is 113 cm³/mol. The Morgan fingerprint density at radius 3 is 2.48 bits per heavy atom. The van der Waals surface area contributed by atoms with E-state index in [4.69, 9.17) is 0 Å². The molecule has 0 radical (unpaired) electrons. The van der Waals surface area contributed by atoms with Gasteiger partial charge >= 0.3 is 0 Å². The minimum Gasteiger partial charge on any atom is -0.356 e. The highest BCUT2D eigenvalue weighted by molar-refractivity contribution is 14.0. The highest BCUT2D eigenvalue weighted by Gasteiger charge is 2.18. The molecule has 6 nitrogen and oxygen atoms in total. The smallest absolute Gasteiger partial charge is 0.269 e. The van der Waals surface area contributed by atoms with Crippen LogP contribution in [-0.2, 0) is 6.42 Å². The number of nitro benzene ring substituents is 1. The van der Waals surface area contributed by atoms with Crippen molar-refractivity contribution in [3.05, 3.63) is 39.9 Å². The Morgan fingerprint density at radius 1 is 1.28 bits per heavy atom. The largest absolute Gasteiger partial charge is 0.356 e. The van der Waals surface area contributed by atoms with E-state index in [1.807, 2.05) is 19.2 Å². The number of likely N-dealkylation sites (tertiary alicyclic amines) is 1. The first-order valence-corrected chi connectivity index (χ1v) is 8.79. The van der Waals surface area contributed by atoms with E-state index in [0.717, 1.165) is 56.3 Å². The average Bonchev–Trinajstić information content (AvgIpc) is 2.59. The van der Waals surface area contributed by atoms with Gasteiger partial charge in [-0.2, -0.15) is 0 Å². The first kappa shape index (κ1) is 21.7. The van der Waals surface area contributed by atoms with Gasteiger partial charge in [-0.3, -0.25) is 15.1 Å². The van der Waals surface area contributed by atoms with Gasteiger partial charge in [-0.25, -0.2) is 0 Å². The Morgan fingerprint density at radius 2 is 1.92 bits per heavy atom. The lowest BCUT2D eigenvalue weighted by Crippen LogP contribution is -2.45. The number of hydrogen-bond donors (Lipinski definition) is 1. The molecule has 1 aromatic carbocycles. The molecule has 0 aromatic heterocycles. The van der Waals surface area contributed by atoms with Gasteiger partial charge in [0.1, 0.15) is 0 Å². The molecular formula is C18H29IN4O2. The predicted octanol–water partition coefficient (Wildman–Crippen LogP) is 3.84. The van der Waals surface area contributed by atoms with Crippen LogP contribution in [0.5, 0.6) is 0 Å². The molecule has 1 aliphatic rings. The van der Waals surface area contributed by atoms with Crippen molar-refractivity contribution in [3.63, 3.8) is 0 Å². The Labute approximate surface area is 167 Å². The summed E-state index contributed by atoms with van der Waals surface area (Å²) in [6, 6.07) is 6.85. The van der Waals surface area contributed by atoms with Gasteiger partial charge < -0.3 is 10.2 Å². The van der Waals surface area contributed by atoms with Crippen LogP contribution >= 0.6 is 24.0 Å². The lowest BCUT2D eigenvalue weighted by Gasteiger charge is -2.32. The Bertz CT molecular complexity index is 555. The minimum atomic E-state index is -0.360. The molecule has 1 fully saturated rings. The van der Waals surface area contributed by atoms with Crippen molar-refractivity contribution >= 4 is 35.6 Å². The molecule has 2 rings (SSSR count). The van der Waals surface area contributed by atoms with Gasteiger partial charge in [-0.05, 0) is 43.6 Å². The molecule has 1 N–H and O–H groups in total. The van der Waals surface area contributed by atoms with Crippen LogP contribution in [0.3, 0.4) is 0 Å². The van der Waals surface area contributed by atoms with Crippen LogP contribution in [0.2, 0.25) is 0 Å². The normalized spacial score (nSPS) is 15.6. The summed E-state index contributed by atoms with van der Waals surface area (Å²) in [5.41, 5.74) is 1.30. The summed E-state index contributed by atoms with van der Waals surface area (Å²) >= 11 is 0.